The Balaban J connectivity index is 2.08. The van der Waals surface area contributed by atoms with Gasteiger partial charge in [-0.25, -0.2) is 4.79 Å². The molecule has 0 saturated heterocycles. The predicted molar refractivity (Wildman–Crippen MR) is 99.7 cm³/mol. The van der Waals surface area contributed by atoms with E-state index in [9.17, 15) is 14.7 Å². The van der Waals surface area contributed by atoms with Gasteiger partial charge in [0.15, 0.2) is 5.11 Å². The molecule has 23 heavy (non-hydrogen) atoms. The molecule has 0 spiro atoms. The van der Waals surface area contributed by atoms with Gasteiger partial charge in [0.1, 0.15) is 0 Å². The molecule has 1 aromatic rings. The minimum Gasteiger partial charge on any atom is -0.478 e. The van der Waals surface area contributed by atoms with Crippen LogP contribution in [0.1, 0.15) is 42.5 Å². The Morgan fingerprint density at radius 2 is 1.83 bits per heavy atom. The van der Waals surface area contributed by atoms with Crippen LogP contribution >= 0.6 is 44.1 Å². The van der Waals surface area contributed by atoms with Crippen molar-refractivity contribution in [2.45, 2.75) is 32.1 Å². The minimum absolute atomic E-state index is 0.0178. The Morgan fingerprint density at radius 3 is 2.43 bits per heavy atom. The largest absolute Gasteiger partial charge is 0.478 e. The second kappa shape index (κ2) is 8.21. The van der Waals surface area contributed by atoms with Crippen LogP contribution in [-0.2, 0) is 4.79 Å². The van der Waals surface area contributed by atoms with Crippen molar-refractivity contribution in [3.8, 4) is 0 Å². The summed E-state index contributed by atoms with van der Waals surface area (Å²) in [7, 11) is 0. The van der Waals surface area contributed by atoms with E-state index < -0.39 is 5.97 Å². The summed E-state index contributed by atoms with van der Waals surface area (Å²) < 4.78 is 1.17. The summed E-state index contributed by atoms with van der Waals surface area (Å²) >= 11 is 11.7. The van der Waals surface area contributed by atoms with E-state index in [0.717, 1.165) is 25.7 Å². The van der Waals surface area contributed by atoms with Gasteiger partial charge < -0.3 is 15.7 Å². The fourth-order valence-corrected chi connectivity index (χ4v) is 4.12. The smallest absolute Gasteiger partial charge is 0.337 e. The summed E-state index contributed by atoms with van der Waals surface area (Å²) in [5.41, 5.74) is 0.371. The number of hydrogen-bond donors (Lipinski definition) is 3. The van der Waals surface area contributed by atoms with E-state index in [1.54, 1.807) is 6.07 Å². The molecular formula is C15H16Br2N2O3S. The lowest BCUT2D eigenvalue weighted by Gasteiger charge is -2.21. The number of benzene rings is 1. The summed E-state index contributed by atoms with van der Waals surface area (Å²) in [5.74, 6) is -1.21. The number of amides is 1. The van der Waals surface area contributed by atoms with Crippen LogP contribution in [0.3, 0.4) is 0 Å². The molecule has 0 radical (unpaired) electrons. The second-order valence-corrected chi connectivity index (χ2v) is 7.57. The number of carbonyl (C=O) groups excluding carboxylic acids is 1. The Labute approximate surface area is 156 Å². The van der Waals surface area contributed by atoms with Crippen molar-refractivity contribution in [2.75, 3.05) is 5.32 Å². The molecule has 8 heteroatoms. The standard InChI is InChI=1S/C15H16Br2N2O3S/c16-9-6-10(14(21)22)12(11(17)7-9)18-15(23)19-13(20)8-4-2-1-3-5-8/h6-8H,1-5H2,(H,21,22)(H2,18,19,20,23). The molecule has 1 saturated carbocycles. The number of rotatable bonds is 3. The number of carbonyl (C=O) groups is 2. The van der Waals surface area contributed by atoms with Crippen LogP contribution < -0.4 is 10.6 Å². The minimum atomic E-state index is -1.09. The number of carboxylic acid groups (broad SMARTS) is 1. The van der Waals surface area contributed by atoms with Crippen LogP contribution in [0.2, 0.25) is 0 Å². The Hall–Kier alpha value is -0.990. The summed E-state index contributed by atoms with van der Waals surface area (Å²) in [6, 6.07) is 3.18. The van der Waals surface area contributed by atoms with E-state index in [1.165, 1.54) is 12.5 Å². The van der Waals surface area contributed by atoms with Crippen LogP contribution in [0.15, 0.2) is 21.1 Å². The molecule has 1 fully saturated rings. The van der Waals surface area contributed by atoms with Crippen LogP contribution in [0, 0.1) is 5.92 Å². The first kappa shape index (κ1) is 18.4. The number of carboxylic acids is 1. The van der Waals surface area contributed by atoms with Gasteiger partial charge in [0.2, 0.25) is 5.91 Å². The zero-order chi connectivity index (χ0) is 17.0. The van der Waals surface area contributed by atoms with Gasteiger partial charge in [-0.2, -0.15) is 0 Å². The SMILES string of the molecule is O=C(O)c1cc(Br)cc(Br)c1NC(=S)NC(=O)C1CCCCC1. The molecule has 1 aliphatic carbocycles. The molecule has 0 bridgehead atoms. The molecule has 1 amide bonds. The zero-order valence-electron chi connectivity index (χ0n) is 12.2. The van der Waals surface area contributed by atoms with Crippen LogP contribution in [0.5, 0.6) is 0 Å². The van der Waals surface area contributed by atoms with Crippen molar-refractivity contribution >= 4 is 66.8 Å². The highest BCUT2D eigenvalue weighted by Crippen LogP contribution is 2.31. The molecular weight excluding hydrogens is 448 g/mol. The molecule has 3 N–H and O–H groups in total. The number of hydrogen-bond acceptors (Lipinski definition) is 3. The van der Waals surface area contributed by atoms with E-state index >= 15 is 0 Å². The number of anilines is 1. The van der Waals surface area contributed by atoms with Gasteiger partial charge in [-0.1, -0.05) is 35.2 Å². The van der Waals surface area contributed by atoms with Gasteiger partial charge in [-0.15, -0.1) is 0 Å². The molecule has 1 aromatic carbocycles. The molecule has 1 aliphatic rings. The molecule has 0 unspecified atom stereocenters. The molecule has 0 heterocycles. The highest BCUT2D eigenvalue weighted by molar-refractivity contribution is 9.11. The Morgan fingerprint density at radius 1 is 1.17 bits per heavy atom. The van der Waals surface area contributed by atoms with Crippen LogP contribution in [-0.4, -0.2) is 22.1 Å². The Kier molecular flexibility index (Phi) is 6.55. The van der Waals surface area contributed by atoms with Crippen molar-refractivity contribution in [2.24, 2.45) is 5.92 Å². The van der Waals surface area contributed by atoms with Gasteiger partial charge in [-0.05, 0) is 53.1 Å². The van der Waals surface area contributed by atoms with Gasteiger partial charge in [-0.3, -0.25) is 4.79 Å². The average Bonchev–Trinajstić information content (AvgIpc) is 2.50. The highest BCUT2D eigenvalue weighted by Gasteiger charge is 2.22. The quantitative estimate of drug-likeness (QED) is 0.582. The highest BCUT2D eigenvalue weighted by atomic mass is 79.9. The number of thiocarbonyl (C=S) groups is 1. The average molecular weight is 464 g/mol. The van der Waals surface area contributed by atoms with Crippen molar-refractivity contribution < 1.29 is 14.7 Å². The van der Waals surface area contributed by atoms with Gasteiger partial charge >= 0.3 is 5.97 Å². The number of aromatic carboxylic acids is 1. The van der Waals surface area contributed by atoms with Gasteiger partial charge in [0.05, 0.1) is 11.3 Å². The van der Waals surface area contributed by atoms with Crippen molar-refractivity contribution in [3.63, 3.8) is 0 Å². The molecule has 0 atom stereocenters. The summed E-state index contributed by atoms with van der Waals surface area (Å²) in [4.78, 5) is 23.5. The fraction of sp³-hybridized carbons (Fsp3) is 0.400. The fourth-order valence-electron chi connectivity index (χ4n) is 2.59. The molecule has 2 rings (SSSR count). The van der Waals surface area contributed by atoms with E-state index in [0.29, 0.717) is 14.6 Å². The predicted octanol–water partition coefficient (Wildman–Crippen LogP) is 4.30. The van der Waals surface area contributed by atoms with Gasteiger partial charge in [0, 0.05) is 14.9 Å². The lowest BCUT2D eigenvalue weighted by atomic mass is 9.89. The first-order valence-electron chi connectivity index (χ1n) is 7.22. The maximum atomic E-state index is 12.2. The summed E-state index contributed by atoms with van der Waals surface area (Å²) in [5, 5.41) is 14.9. The number of nitrogens with one attached hydrogen (secondary N) is 2. The monoisotopic (exact) mass is 462 g/mol. The lowest BCUT2D eigenvalue weighted by Crippen LogP contribution is -2.39. The zero-order valence-corrected chi connectivity index (χ0v) is 16.2. The third-order valence-electron chi connectivity index (χ3n) is 3.74. The topological polar surface area (TPSA) is 78.4 Å². The van der Waals surface area contributed by atoms with Crippen LogP contribution in [0.4, 0.5) is 5.69 Å². The van der Waals surface area contributed by atoms with Gasteiger partial charge in [0.25, 0.3) is 0 Å². The Bertz CT molecular complexity index is 646. The summed E-state index contributed by atoms with van der Waals surface area (Å²) in [6.07, 6.45) is 5.02. The maximum Gasteiger partial charge on any atom is 0.337 e. The molecule has 0 aromatic heterocycles. The molecule has 0 aliphatic heterocycles. The summed E-state index contributed by atoms with van der Waals surface area (Å²) in [6.45, 7) is 0. The van der Waals surface area contributed by atoms with Crippen molar-refractivity contribution in [3.05, 3.63) is 26.6 Å². The maximum absolute atomic E-state index is 12.2. The molecule has 5 nitrogen and oxygen atoms in total. The van der Waals surface area contributed by atoms with E-state index in [4.69, 9.17) is 12.2 Å². The first-order chi connectivity index (χ1) is 10.9. The van der Waals surface area contributed by atoms with Crippen molar-refractivity contribution in [1.29, 1.82) is 0 Å². The third-order valence-corrected chi connectivity index (χ3v) is 5.02. The number of halogens is 2. The normalized spacial score (nSPS) is 15.0. The van der Waals surface area contributed by atoms with Crippen LogP contribution in [0.25, 0.3) is 0 Å². The first-order valence-corrected chi connectivity index (χ1v) is 9.22. The van der Waals surface area contributed by atoms with E-state index in [1.807, 2.05) is 0 Å². The molecule has 124 valence electrons. The second-order valence-electron chi connectivity index (χ2n) is 5.39. The van der Waals surface area contributed by atoms with Crippen molar-refractivity contribution in [1.82, 2.24) is 5.32 Å². The lowest BCUT2D eigenvalue weighted by molar-refractivity contribution is -0.124. The van der Waals surface area contributed by atoms with E-state index in [-0.39, 0.29) is 22.5 Å². The third kappa shape index (κ3) is 4.99. The van der Waals surface area contributed by atoms with E-state index in [2.05, 4.69) is 42.5 Å².